The van der Waals surface area contributed by atoms with E-state index in [9.17, 15) is 9.90 Å². The molecule has 0 radical (unpaired) electrons. The fourth-order valence-electron chi connectivity index (χ4n) is 3.10. The third kappa shape index (κ3) is 3.12. The Labute approximate surface area is 161 Å². The Balaban J connectivity index is 2.02. The van der Waals surface area contributed by atoms with Crippen LogP contribution in [0.25, 0.3) is 28.2 Å². The highest BCUT2D eigenvalue weighted by atomic mass is 16.5. The first-order chi connectivity index (χ1) is 13.7. The van der Waals surface area contributed by atoms with Crippen LogP contribution in [0.3, 0.4) is 0 Å². The zero-order chi connectivity index (χ0) is 19.5. The number of carboxylic acids is 1. The lowest BCUT2D eigenvalue weighted by Gasteiger charge is -2.09. The zero-order valence-corrected chi connectivity index (χ0v) is 15.1. The van der Waals surface area contributed by atoms with Gasteiger partial charge in [-0.1, -0.05) is 30.3 Å². The molecule has 0 aliphatic rings. The van der Waals surface area contributed by atoms with E-state index >= 15 is 0 Å². The van der Waals surface area contributed by atoms with E-state index in [2.05, 4.69) is 10.1 Å². The summed E-state index contributed by atoms with van der Waals surface area (Å²) >= 11 is 0. The molecule has 4 aromatic rings. The minimum absolute atomic E-state index is 0.134. The van der Waals surface area contributed by atoms with Crippen LogP contribution in [-0.2, 0) is 0 Å². The van der Waals surface area contributed by atoms with Gasteiger partial charge in [0, 0.05) is 23.5 Å². The van der Waals surface area contributed by atoms with Gasteiger partial charge in [-0.3, -0.25) is 4.98 Å². The molecule has 0 aliphatic heterocycles. The largest absolute Gasteiger partial charge is 0.497 e. The van der Waals surface area contributed by atoms with E-state index in [0.717, 1.165) is 11.3 Å². The molecule has 0 bridgehead atoms. The molecule has 6 nitrogen and oxygen atoms in total. The maximum absolute atomic E-state index is 12.2. The van der Waals surface area contributed by atoms with Crippen LogP contribution in [0.15, 0.2) is 79.1 Å². The van der Waals surface area contributed by atoms with Crippen molar-refractivity contribution in [1.29, 1.82) is 0 Å². The smallest absolute Gasteiger partial charge is 0.340 e. The molecule has 6 heteroatoms. The number of carboxylic acid groups (broad SMARTS) is 1. The molecule has 0 amide bonds. The Bertz CT molecular complexity index is 1110. The van der Waals surface area contributed by atoms with Crippen molar-refractivity contribution in [2.75, 3.05) is 7.11 Å². The Morgan fingerprint density at radius 1 is 0.964 bits per heavy atom. The molecule has 0 spiro atoms. The van der Waals surface area contributed by atoms with Crippen LogP contribution in [0.2, 0.25) is 0 Å². The molecule has 0 saturated carbocycles. The van der Waals surface area contributed by atoms with Gasteiger partial charge < -0.3 is 9.84 Å². The lowest BCUT2D eigenvalue weighted by Crippen LogP contribution is -2.03. The number of benzene rings is 2. The highest BCUT2D eigenvalue weighted by Gasteiger charge is 2.26. The average Bonchev–Trinajstić information content (AvgIpc) is 3.16. The first-order valence-corrected chi connectivity index (χ1v) is 8.65. The van der Waals surface area contributed by atoms with E-state index in [0.29, 0.717) is 22.7 Å². The van der Waals surface area contributed by atoms with Gasteiger partial charge in [-0.05, 0) is 36.4 Å². The van der Waals surface area contributed by atoms with Gasteiger partial charge in [0.1, 0.15) is 17.0 Å². The molecule has 0 saturated heterocycles. The number of hydrogen-bond acceptors (Lipinski definition) is 4. The molecule has 2 aromatic carbocycles. The molecular weight excluding hydrogens is 354 g/mol. The Kier molecular flexibility index (Phi) is 4.60. The lowest BCUT2D eigenvalue weighted by atomic mass is 10.0. The maximum atomic E-state index is 12.2. The predicted octanol–water partition coefficient (Wildman–Crippen LogP) is 4.31. The Hall–Kier alpha value is -3.93. The van der Waals surface area contributed by atoms with Crippen molar-refractivity contribution in [3.8, 4) is 34.0 Å². The van der Waals surface area contributed by atoms with E-state index in [-0.39, 0.29) is 5.56 Å². The predicted molar refractivity (Wildman–Crippen MR) is 106 cm³/mol. The minimum atomic E-state index is -1.04. The zero-order valence-electron chi connectivity index (χ0n) is 15.1. The van der Waals surface area contributed by atoms with Crippen LogP contribution in [-0.4, -0.2) is 33.0 Å². The van der Waals surface area contributed by atoms with Crippen LogP contribution in [0.5, 0.6) is 5.75 Å². The monoisotopic (exact) mass is 371 g/mol. The van der Waals surface area contributed by atoms with Crippen LogP contribution in [0, 0.1) is 0 Å². The molecule has 4 rings (SSSR count). The highest BCUT2D eigenvalue weighted by Crippen LogP contribution is 2.34. The van der Waals surface area contributed by atoms with Crippen molar-refractivity contribution >= 4 is 5.97 Å². The summed E-state index contributed by atoms with van der Waals surface area (Å²) in [5.74, 6) is -0.333. The van der Waals surface area contributed by atoms with Gasteiger partial charge in [0.15, 0.2) is 0 Å². The number of aromatic carboxylic acids is 1. The summed E-state index contributed by atoms with van der Waals surface area (Å²) in [4.78, 5) is 16.4. The van der Waals surface area contributed by atoms with Gasteiger partial charge in [0.25, 0.3) is 0 Å². The van der Waals surface area contributed by atoms with Crippen molar-refractivity contribution < 1.29 is 14.6 Å². The normalized spacial score (nSPS) is 10.6. The summed E-state index contributed by atoms with van der Waals surface area (Å²) in [6, 6.07) is 20.3. The Morgan fingerprint density at radius 2 is 1.68 bits per heavy atom. The molecular formula is C22H17N3O3. The van der Waals surface area contributed by atoms with E-state index in [1.165, 1.54) is 0 Å². The second-order valence-corrected chi connectivity index (χ2v) is 6.09. The van der Waals surface area contributed by atoms with Crippen LogP contribution in [0.4, 0.5) is 0 Å². The molecule has 0 unspecified atom stereocenters. The van der Waals surface area contributed by atoms with Crippen LogP contribution >= 0.6 is 0 Å². The van der Waals surface area contributed by atoms with Crippen LogP contribution in [0.1, 0.15) is 10.4 Å². The van der Waals surface area contributed by atoms with Gasteiger partial charge >= 0.3 is 5.97 Å². The van der Waals surface area contributed by atoms with Crippen molar-refractivity contribution in [3.63, 3.8) is 0 Å². The second-order valence-electron chi connectivity index (χ2n) is 6.09. The van der Waals surface area contributed by atoms with Gasteiger partial charge in [-0.2, -0.15) is 5.10 Å². The molecule has 0 fully saturated rings. The van der Waals surface area contributed by atoms with E-state index in [1.807, 2.05) is 54.6 Å². The van der Waals surface area contributed by atoms with Crippen molar-refractivity contribution in [2.45, 2.75) is 0 Å². The summed E-state index contributed by atoms with van der Waals surface area (Å²) in [6.07, 6.45) is 3.25. The highest BCUT2D eigenvalue weighted by molar-refractivity contribution is 6.01. The van der Waals surface area contributed by atoms with Crippen molar-refractivity contribution in [1.82, 2.24) is 14.8 Å². The molecule has 1 N–H and O–H groups in total. The quantitative estimate of drug-likeness (QED) is 0.566. The number of ether oxygens (including phenoxy) is 1. The number of rotatable bonds is 5. The summed E-state index contributed by atoms with van der Waals surface area (Å²) < 4.78 is 6.88. The average molecular weight is 371 g/mol. The number of aromatic nitrogens is 3. The van der Waals surface area contributed by atoms with E-state index in [1.54, 1.807) is 36.3 Å². The topological polar surface area (TPSA) is 77.2 Å². The fraction of sp³-hybridized carbons (Fsp3) is 0.0455. The number of pyridine rings is 1. The van der Waals surface area contributed by atoms with Crippen molar-refractivity contribution in [3.05, 3.63) is 84.7 Å². The lowest BCUT2D eigenvalue weighted by molar-refractivity contribution is 0.0698. The van der Waals surface area contributed by atoms with Crippen molar-refractivity contribution in [2.24, 2.45) is 0 Å². The van der Waals surface area contributed by atoms with Gasteiger partial charge in [-0.25, -0.2) is 9.48 Å². The summed E-state index contributed by atoms with van der Waals surface area (Å²) in [5.41, 5.74) is 3.16. The van der Waals surface area contributed by atoms with Gasteiger partial charge in [0.05, 0.1) is 18.5 Å². The molecule has 28 heavy (non-hydrogen) atoms. The molecule has 138 valence electrons. The molecule has 2 aromatic heterocycles. The third-order valence-electron chi connectivity index (χ3n) is 4.40. The Morgan fingerprint density at radius 3 is 2.29 bits per heavy atom. The molecule has 2 heterocycles. The van der Waals surface area contributed by atoms with Gasteiger partial charge in [0.2, 0.25) is 0 Å². The first-order valence-electron chi connectivity index (χ1n) is 8.65. The first kappa shape index (κ1) is 17.5. The molecule has 0 atom stereocenters. The summed E-state index contributed by atoms with van der Waals surface area (Å²) in [5, 5.41) is 14.7. The SMILES string of the molecule is COc1ccc(-n2nc(-c3cccnc3)c(C(=O)O)c2-c2ccccc2)cc1. The van der Waals surface area contributed by atoms with E-state index < -0.39 is 5.97 Å². The number of nitrogens with zero attached hydrogens (tertiary/aromatic N) is 3. The summed E-state index contributed by atoms with van der Waals surface area (Å²) in [7, 11) is 1.60. The third-order valence-corrected chi connectivity index (χ3v) is 4.40. The fourth-order valence-corrected chi connectivity index (χ4v) is 3.10. The minimum Gasteiger partial charge on any atom is -0.497 e. The summed E-state index contributed by atoms with van der Waals surface area (Å²) in [6.45, 7) is 0. The standard InChI is InChI=1S/C22H17N3O3/c1-28-18-11-9-17(10-12-18)25-21(15-6-3-2-4-7-15)19(22(26)27)20(24-25)16-8-5-13-23-14-16/h2-14H,1H3,(H,26,27). The maximum Gasteiger partial charge on any atom is 0.340 e. The second kappa shape index (κ2) is 7.36. The molecule has 0 aliphatic carbocycles. The van der Waals surface area contributed by atoms with E-state index in [4.69, 9.17) is 4.74 Å². The van der Waals surface area contributed by atoms with Crippen LogP contribution < -0.4 is 4.74 Å². The number of carbonyl (C=O) groups is 1. The van der Waals surface area contributed by atoms with Gasteiger partial charge in [-0.15, -0.1) is 0 Å². The number of hydrogen-bond donors (Lipinski definition) is 1. The number of methoxy groups -OCH3 is 1.